The van der Waals surface area contributed by atoms with E-state index in [1.54, 1.807) is 18.2 Å². The molecule has 0 atom stereocenters. The highest BCUT2D eigenvalue weighted by molar-refractivity contribution is 9.11. The van der Waals surface area contributed by atoms with Crippen LogP contribution in [-0.4, -0.2) is 16.8 Å². The maximum Gasteiger partial charge on any atom is 0.387 e. The van der Waals surface area contributed by atoms with Crippen LogP contribution in [0.25, 0.3) is 10.6 Å². The molecule has 0 N–H and O–H groups in total. The van der Waals surface area contributed by atoms with Gasteiger partial charge in [0.25, 0.3) is 0 Å². The van der Waals surface area contributed by atoms with Crippen LogP contribution in [0.1, 0.15) is 0 Å². The summed E-state index contributed by atoms with van der Waals surface area (Å²) in [5, 5.41) is 8.14. The average molecular weight is 307 g/mol. The number of ether oxygens (including phenoxy) is 1. The van der Waals surface area contributed by atoms with Crippen LogP contribution in [0.3, 0.4) is 0 Å². The lowest BCUT2D eigenvalue weighted by atomic mass is 10.2. The first kappa shape index (κ1) is 11.4. The molecule has 0 aliphatic rings. The molecule has 0 radical (unpaired) electrons. The van der Waals surface area contributed by atoms with Crippen molar-refractivity contribution in [2.24, 2.45) is 0 Å². The Morgan fingerprint density at radius 2 is 2.00 bits per heavy atom. The second kappa shape index (κ2) is 4.84. The van der Waals surface area contributed by atoms with E-state index < -0.39 is 6.61 Å². The van der Waals surface area contributed by atoms with E-state index >= 15 is 0 Å². The summed E-state index contributed by atoms with van der Waals surface area (Å²) in [6, 6.07) is 6.47. The van der Waals surface area contributed by atoms with Crippen LogP contribution in [0.5, 0.6) is 5.75 Å². The standard InChI is InChI=1S/C9H5BrF2N2OS/c10-8-14-13-7(16-8)5-3-1-2-4-6(5)15-9(11)12/h1-4,9H. The molecule has 1 aromatic heterocycles. The quantitative estimate of drug-likeness (QED) is 0.869. The van der Waals surface area contributed by atoms with E-state index in [4.69, 9.17) is 0 Å². The molecular weight excluding hydrogens is 302 g/mol. The van der Waals surface area contributed by atoms with Gasteiger partial charge in [-0.2, -0.15) is 8.78 Å². The Morgan fingerprint density at radius 3 is 2.62 bits per heavy atom. The lowest BCUT2D eigenvalue weighted by Crippen LogP contribution is -2.02. The van der Waals surface area contributed by atoms with Gasteiger partial charge in [-0.15, -0.1) is 10.2 Å². The van der Waals surface area contributed by atoms with Gasteiger partial charge in [-0.3, -0.25) is 0 Å². The summed E-state index contributed by atoms with van der Waals surface area (Å²) in [6.07, 6.45) is 0. The zero-order valence-corrected chi connectivity index (χ0v) is 10.1. The van der Waals surface area contributed by atoms with Gasteiger partial charge in [0.05, 0.1) is 5.56 Å². The molecule has 1 aromatic carbocycles. The molecular formula is C9H5BrF2N2OS. The number of hydrogen-bond donors (Lipinski definition) is 0. The summed E-state index contributed by atoms with van der Waals surface area (Å²) >= 11 is 4.41. The van der Waals surface area contributed by atoms with Crippen molar-refractivity contribution in [1.82, 2.24) is 10.2 Å². The number of hydrogen-bond acceptors (Lipinski definition) is 4. The number of aromatic nitrogens is 2. The fourth-order valence-corrected chi connectivity index (χ4v) is 2.30. The second-order valence-corrected chi connectivity index (χ2v) is 4.99. The Morgan fingerprint density at radius 1 is 1.25 bits per heavy atom. The Kier molecular flexibility index (Phi) is 3.45. The first-order valence-corrected chi connectivity index (χ1v) is 5.81. The number of alkyl halides is 2. The smallest absolute Gasteiger partial charge is 0.387 e. The summed E-state index contributed by atoms with van der Waals surface area (Å²) in [7, 11) is 0. The predicted molar refractivity (Wildman–Crippen MR) is 59.7 cm³/mol. The normalized spacial score (nSPS) is 10.8. The van der Waals surface area contributed by atoms with Crippen LogP contribution in [0.15, 0.2) is 28.2 Å². The molecule has 0 unspecified atom stereocenters. The van der Waals surface area contributed by atoms with Crippen molar-refractivity contribution in [3.8, 4) is 16.3 Å². The molecule has 84 valence electrons. The Balaban J connectivity index is 2.40. The minimum absolute atomic E-state index is 0.0983. The first-order chi connectivity index (χ1) is 7.66. The van der Waals surface area contributed by atoms with E-state index in [2.05, 4.69) is 30.9 Å². The van der Waals surface area contributed by atoms with Crippen LogP contribution < -0.4 is 4.74 Å². The fourth-order valence-electron chi connectivity index (χ4n) is 1.16. The van der Waals surface area contributed by atoms with Gasteiger partial charge in [0.2, 0.25) is 0 Å². The van der Waals surface area contributed by atoms with Crippen LogP contribution >= 0.6 is 27.3 Å². The van der Waals surface area contributed by atoms with Gasteiger partial charge in [-0.1, -0.05) is 23.5 Å². The van der Waals surface area contributed by atoms with E-state index in [0.717, 1.165) is 0 Å². The van der Waals surface area contributed by atoms with Crippen LogP contribution in [0.4, 0.5) is 8.78 Å². The van der Waals surface area contributed by atoms with Crippen molar-refractivity contribution in [3.05, 3.63) is 28.2 Å². The minimum Gasteiger partial charge on any atom is -0.434 e. The summed E-state index contributed by atoms with van der Waals surface area (Å²) < 4.78 is 29.3. The van der Waals surface area contributed by atoms with Gasteiger partial charge in [0, 0.05) is 0 Å². The number of benzene rings is 1. The number of halogens is 3. The monoisotopic (exact) mass is 306 g/mol. The Labute approximate surface area is 102 Å². The first-order valence-electron chi connectivity index (χ1n) is 4.20. The molecule has 0 saturated heterocycles. The highest BCUT2D eigenvalue weighted by Gasteiger charge is 2.13. The summed E-state index contributed by atoms with van der Waals surface area (Å²) in [5.41, 5.74) is 0.506. The van der Waals surface area contributed by atoms with Crippen molar-refractivity contribution in [3.63, 3.8) is 0 Å². The topological polar surface area (TPSA) is 35.0 Å². The van der Waals surface area contributed by atoms with Crippen LogP contribution in [-0.2, 0) is 0 Å². The minimum atomic E-state index is -2.85. The van der Waals surface area contributed by atoms with E-state index in [1.807, 2.05) is 0 Å². The predicted octanol–water partition coefficient (Wildman–Crippen LogP) is 3.57. The zero-order chi connectivity index (χ0) is 11.5. The lowest BCUT2D eigenvalue weighted by Gasteiger charge is -2.07. The third-order valence-electron chi connectivity index (χ3n) is 1.73. The van der Waals surface area contributed by atoms with Gasteiger partial charge in [-0.05, 0) is 28.1 Å². The molecule has 7 heteroatoms. The Bertz CT molecular complexity index is 492. The molecule has 0 saturated carbocycles. The number of para-hydroxylation sites is 1. The fraction of sp³-hybridized carbons (Fsp3) is 0.111. The summed E-state index contributed by atoms with van der Waals surface area (Å²) in [6.45, 7) is -2.85. The molecule has 2 aromatic rings. The number of rotatable bonds is 3. The van der Waals surface area contributed by atoms with Gasteiger partial charge >= 0.3 is 6.61 Å². The average Bonchev–Trinajstić information content (AvgIpc) is 2.65. The van der Waals surface area contributed by atoms with Crippen molar-refractivity contribution in [2.45, 2.75) is 6.61 Å². The molecule has 0 aliphatic carbocycles. The maximum absolute atomic E-state index is 12.2. The summed E-state index contributed by atoms with van der Waals surface area (Å²) in [4.78, 5) is 0. The highest BCUT2D eigenvalue weighted by Crippen LogP contribution is 2.33. The third kappa shape index (κ3) is 2.53. The van der Waals surface area contributed by atoms with Crippen molar-refractivity contribution < 1.29 is 13.5 Å². The molecule has 0 fully saturated rings. The molecule has 1 heterocycles. The van der Waals surface area contributed by atoms with E-state index in [9.17, 15) is 8.78 Å². The van der Waals surface area contributed by atoms with E-state index in [1.165, 1.54) is 17.4 Å². The van der Waals surface area contributed by atoms with Crippen molar-refractivity contribution in [2.75, 3.05) is 0 Å². The molecule has 0 spiro atoms. The van der Waals surface area contributed by atoms with E-state index in [0.29, 0.717) is 14.5 Å². The maximum atomic E-state index is 12.2. The number of nitrogens with zero attached hydrogens (tertiary/aromatic N) is 2. The molecule has 0 bridgehead atoms. The molecule has 2 rings (SSSR count). The van der Waals surface area contributed by atoms with Crippen molar-refractivity contribution >= 4 is 27.3 Å². The largest absolute Gasteiger partial charge is 0.434 e. The summed E-state index contributed by atoms with van der Waals surface area (Å²) in [5.74, 6) is 0.0983. The SMILES string of the molecule is FC(F)Oc1ccccc1-c1nnc(Br)s1. The van der Waals surface area contributed by atoms with Gasteiger partial charge in [0.1, 0.15) is 5.75 Å². The molecule has 3 nitrogen and oxygen atoms in total. The molecule has 0 aliphatic heterocycles. The van der Waals surface area contributed by atoms with Gasteiger partial charge in [0.15, 0.2) is 8.92 Å². The van der Waals surface area contributed by atoms with Crippen LogP contribution in [0, 0.1) is 0 Å². The lowest BCUT2D eigenvalue weighted by molar-refractivity contribution is -0.0494. The van der Waals surface area contributed by atoms with Crippen molar-refractivity contribution in [1.29, 1.82) is 0 Å². The zero-order valence-electron chi connectivity index (χ0n) is 7.73. The molecule has 0 amide bonds. The van der Waals surface area contributed by atoms with Crippen LogP contribution in [0.2, 0.25) is 0 Å². The van der Waals surface area contributed by atoms with Gasteiger partial charge < -0.3 is 4.74 Å². The molecule has 16 heavy (non-hydrogen) atoms. The van der Waals surface area contributed by atoms with Gasteiger partial charge in [-0.25, -0.2) is 0 Å². The second-order valence-electron chi connectivity index (χ2n) is 2.73. The Hall–Kier alpha value is -1.08. The van der Waals surface area contributed by atoms with E-state index in [-0.39, 0.29) is 5.75 Å². The third-order valence-corrected chi connectivity index (χ3v) is 3.12. The highest BCUT2D eigenvalue weighted by atomic mass is 79.9.